The topological polar surface area (TPSA) is 105 Å². The molecule has 2 aromatic rings. The molecule has 152 valence electrons. The van der Waals surface area contributed by atoms with Crippen molar-refractivity contribution in [3.63, 3.8) is 0 Å². The first-order valence-corrected chi connectivity index (χ1v) is 10.3. The van der Waals surface area contributed by atoms with Crippen LogP contribution in [0.2, 0.25) is 0 Å². The summed E-state index contributed by atoms with van der Waals surface area (Å²) in [5.41, 5.74) is 3.02. The molecule has 9 heteroatoms. The number of amidine groups is 1. The molecule has 1 saturated heterocycles. The number of nitro benzene ring substituents is 1. The lowest BCUT2D eigenvalue weighted by atomic mass is 9.93. The van der Waals surface area contributed by atoms with E-state index in [4.69, 9.17) is 0 Å². The zero-order valence-corrected chi connectivity index (χ0v) is 16.9. The molecule has 1 unspecified atom stereocenters. The summed E-state index contributed by atoms with van der Waals surface area (Å²) >= 11 is 1.65. The number of carbonyl (C=O) groups is 2. The van der Waals surface area contributed by atoms with E-state index in [1.54, 1.807) is 30.8 Å². The van der Waals surface area contributed by atoms with Gasteiger partial charge in [0, 0.05) is 35.7 Å². The number of carbonyl (C=O) groups excluding carboxylic acids is 2. The highest BCUT2D eigenvalue weighted by Gasteiger charge is 2.38. The summed E-state index contributed by atoms with van der Waals surface area (Å²) in [4.78, 5) is 41.3. The number of amides is 1. The van der Waals surface area contributed by atoms with Crippen molar-refractivity contribution in [1.82, 2.24) is 4.90 Å². The number of hydrogen-bond donors (Lipinski definition) is 1. The predicted octanol–water partition coefficient (Wildman–Crippen LogP) is 3.78. The normalized spacial score (nSPS) is 18.0. The first-order valence-electron chi connectivity index (χ1n) is 9.28. The zero-order chi connectivity index (χ0) is 21.3. The summed E-state index contributed by atoms with van der Waals surface area (Å²) in [5, 5.41) is 14.6. The van der Waals surface area contributed by atoms with Gasteiger partial charge in [0.25, 0.3) is 11.6 Å². The van der Waals surface area contributed by atoms with Crippen molar-refractivity contribution in [3.05, 3.63) is 81.0 Å². The molecule has 1 N–H and O–H groups in total. The van der Waals surface area contributed by atoms with Crippen LogP contribution in [0.1, 0.15) is 28.9 Å². The molecule has 0 radical (unpaired) electrons. The van der Waals surface area contributed by atoms with E-state index < -0.39 is 4.92 Å². The first kappa shape index (κ1) is 19.8. The number of nitrogens with zero attached hydrogens (tertiary/aromatic N) is 3. The van der Waals surface area contributed by atoms with Crippen LogP contribution in [0.25, 0.3) is 0 Å². The smallest absolute Gasteiger partial charge is 0.269 e. The van der Waals surface area contributed by atoms with Crippen LogP contribution in [0.5, 0.6) is 0 Å². The minimum absolute atomic E-state index is 0.0439. The van der Waals surface area contributed by atoms with Crippen LogP contribution in [-0.4, -0.2) is 39.5 Å². The second kappa shape index (κ2) is 8.11. The minimum Gasteiger partial charge on any atom is -0.339 e. The Labute approximate surface area is 176 Å². The van der Waals surface area contributed by atoms with Gasteiger partial charge in [-0.15, -0.1) is 0 Å². The minimum atomic E-state index is -0.486. The van der Waals surface area contributed by atoms with Crippen molar-refractivity contribution in [3.8, 4) is 0 Å². The maximum atomic E-state index is 13.2. The number of hydrogen-bond acceptors (Lipinski definition) is 7. The summed E-state index contributed by atoms with van der Waals surface area (Å²) in [5.74, 6) is 0.567. The standard InChI is InChI=1S/C21H18N4O4S/c1-13-18(20(27)23-16-6-8-17(9-7-16)25(28)29)19(24-10-11-30-21(24)22-13)15-4-2-14(12-26)3-5-15/h2-9,12,19H,10-11H2,1H3,(H,23,27). The monoisotopic (exact) mass is 422 g/mol. The number of nitro groups is 1. The van der Waals surface area contributed by atoms with E-state index in [0.29, 0.717) is 22.5 Å². The molecule has 1 atom stereocenters. The fourth-order valence-corrected chi connectivity index (χ4v) is 4.60. The van der Waals surface area contributed by atoms with E-state index in [-0.39, 0.29) is 17.6 Å². The number of thioether (sulfide) groups is 1. The van der Waals surface area contributed by atoms with E-state index in [0.717, 1.165) is 29.3 Å². The molecule has 8 nitrogen and oxygen atoms in total. The summed E-state index contributed by atoms with van der Waals surface area (Å²) in [7, 11) is 0. The van der Waals surface area contributed by atoms with Gasteiger partial charge in [0.1, 0.15) is 6.29 Å². The molecule has 0 spiro atoms. The van der Waals surface area contributed by atoms with Crippen LogP contribution < -0.4 is 5.32 Å². The van der Waals surface area contributed by atoms with Crippen molar-refractivity contribution in [2.45, 2.75) is 13.0 Å². The van der Waals surface area contributed by atoms with Crippen LogP contribution in [0.3, 0.4) is 0 Å². The van der Waals surface area contributed by atoms with Crippen LogP contribution in [0.15, 0.2) is 64.8 Å². The molecule has 0 saturated carbocycles. The van der Waals surface area contributed by atoms with Crippen LogP contribution in [-0.2, 0) is 4.79 Å². The quantitative estimate of drug-likeness (QED) is 0.447. The maximum absolute atomic E-state index is 13.2. The average Bonchev–Trinajstić information content (AvgIpc) is 3.21. The van der Waals surface area contributed by atoms with Gasteiger partial charge in [-0.1, -0.05) is 36.0 Å². The number of benzene rings is 2. The molecule has 1 fully saturated rings. The Morgan fingerprint density at radius 3 is 2.57 bits per heavy atom. The molecule has 4 rings (SSSR count). The van der Waals surface area contributed by atoms with Gasteiger partial charge in [0.2, 0.25) is 0 Å². The van der Waals surface area contributed by atoms with Crippen LogP contribution >= 0.6 is 11.8 Å². The van der Waals surface area contributed by atoms with Crippen molar-refractivity contribution in [2.75, 3.05) is 17.6 Å². The second-order valence-corrected chi connectivity index (χ2v) is 7.94. The third-order valence-corrected chi connectivity index (χ3v) is 5.99. The largest absolute Gasteiger partial charge is 0.339 e. The highest BCUT2D eigenvalue weighted by Crippen LogP contribution is 2.40. The molecule has 0 aliphatic carbocycles. The highest BCUT2D eigenvalue weighted by atomic mass is 32.2. The number of aldehydes is 1. The van der Waals surface area contributed by atoms with E-state index in [1.807, 2.05) is 12.1 Å². The SMILES string of the molecule is CC1=C(C(=O)Nc2ccc([N+](=O)[O-])cc2)C(c2ccc(C=O)cc2)N2CCSC2=N1. The molecule has 0 bridgehead atoms. The lowest BCUT2D eigenvalue weighted by Crippen LogP contribution is -2.37. The fraction of sp³-hybridized carbons (Fsp3) is 0.190. The third-order valence-electron chi connectivity index (χ3n) is 5.02. The average molecular weight is 422 g/mol. The molecule has 1 amide bonds. The molecular formula is C21H18N4O4S. The van der Waals surface area contributed by atoms with Crippen molar-refractivity contribution in [2.24, 2.45) is 4.99 Å². The lowest BCUT2D eigenvalue weighted by Gasteiger charge is -2.34. The molecule has 2 heterocycles. The number of non-ortho nitro benzene ring substituents is 1. The van der Waals surface area contributed by atoms with Gasteiger partial charge in [-0.3, -0.25) is 19.7 Å². The lowest BCUT2D eigenvalue weighted by molar-refractivity contribution is -0.384. The van der Waals surface area contributed by atoms with Crippen molar-refractivity contribution < 1.29 is 14.5 Å². The molecule has 30 heavy (non-hydrogen) atoms. The van der Waals surface area contributed by atoms with Gasteiger partial charge in [0.15, 0.2) is 5.17 Å². The van der Waals surface area contributed by atoms with Gasteiger partial charge in [0.05, 0.1) is 22.2 Å². The molecule has 2 aliphatic rings. The number of aliphatic imine (C=N–C) groups is 1. The van der Waals surface area contributed by atoms with Crippen LogP contribution in [0, 0.1) is 10.1 Å². The highest BCUT2D eigenvalue weighted by molar-refractivity contribution is 8.14. The van der Waals surface area contributed by atoms with Gasteiger partial charge < -0.3 is 10.2 Å². The van der Waals surface area contributed by atoms with E-state index in [9.17, 15) is 19.7 Å². The maximum Gasteiger partial charge on any atom is 0.269 e. The Hall–Kier alpha value is -3.46. The van der Waals surface area contributed by atoms with E-state index in [1.165, 1.54) is 24.3 Å². The zero-order valence-electron chi connectivity index (χ0n) is 16.1. The summed E-state index contributed by atoms with van der Waals surface area (Å²) < 4.78 is 0. The Bertz CT molecular complexity index is 1080. The van der Waals surface area contributed by atoms with Gasteiger partial charge in [-0.25, -0.2) is 4.99 Å². The van der Waals surface area contributed by atoms with Crippen molar-refractivity contribution in [1.29, 1.82) is 0 Å². The van der Waals surface area contributed by atoms with E-state index in [2.05, 4.69) is 15.2 Å². The number of nitrogens with one attached hydrogen (secondary N) is 1. The predicted molar refractivity (Wildman–Crippen MR) is 116 cm³/mol. The summed E-state index contributed by atoms with van der Waals surface area (Å²) in [6, 6.07) is 12.6. The molecule has 2 aliphatic heterocycles. The fourth-order valence-electron chi connectivity index (χ4n) is 3.56. The third kappa shape index (κ3) is 3.71. The molecular weight excluding hydrogens is 404 g/mol. The van der Waals surface area contributed by atoms with Gasteiger partial charge in [-0.2, -0.15) is 0 Å². The summed E-state index contributed by atoms with van der Waals surface area (Å²) in [6.45, 7) is 2.56. The number of rotatable bonds is 5. The Kier molecular flexibility index (Phi) is 5.37. The Balaban J connectivity index is 1.68. The van der Waals surface area contributed by atoms with Gasteiger partial charge >= 0.3 is 0 Å². The molecule has 2 aromatic carbocycles. The number of allylic oxidation sites excluding steroid dienone is 1. The Morgan fingerprint density at radius 2 is 1.93 bits per heavy atom. The van der Waals surface area contributed by atoms with Crippen LogP contribution in [0.4, 0.5) is 11.4 Å². The summed E-state index contributed by atoms with van der Waals surface area (Å²) in [6.07, 6.45) is 0.784. The van der Waals surface area contributed by atoms with E-state index >= 15 is 0 Å². The molecule has 0 aromatic heterocycles. The second-order valence-electron chi connectivity index (χ2n) is 6.88. The number of fused-ring (bicyclic) bond motifs is 1. The van der Waals surface area contributed by atoms with Crippen molar-refractivity contribution >= 4 is 40.5 Å². The van der Waals surface area contributed by atoms with Gasteiger partial charge in [-0.05, 0) is 24.6 Å². The first-order chi connectivity index (χ1) is 14.5. The number of anilines is 1. The Morgan fingerprint density at radius 1 is 1.23 bits per heavy atom.